The van der Waals surface area contributed by atoms with E-state index in [4.69, 9.17) is 4.74 Å². The average Bonchev–Trinajstić information content (AvgIpc) is 2.48. The fraction of sp³-hybridized carbons (Fsp3) is 0.188. The van der Waals surface area contributed by atoms with E-state index in [0.29, 0.717) is 6.42 Å². The Bertz CT molecular complexity index is 561. The van der Waals surface area contributed by atoms with Gasteiger partial charge in [0.05, 0.1) is 0 Å². The first-order valence-corrected chi connectivity index (χ1v) is 7.41. The first-order chi connectivity index (χ1) is 9.24. The lowest BCUT2D eigenvalue weighted by Gasteiger charge is -2.09. The second kappa shape index (κ2) is 6.43. The van der Waals surface area contributed by atoms with Crippen molar-refractivity contribution in [2.45, 2.75) is 18.2 Å². The average molecular weight is 272 g/mol. The molecule has 0 aromatic heterocycles. The van der Waals surface area contributed by atoms with Crippen LogP contribution in [0.3, 0.4) is 0 Å². The molecule has 98 valence electrons. The molecule has 0 atom stereocenters. The maximum Gasteiger partial charge on any atom is 0.162 e. The van der Waals surface area contributed by atoms with Crippen LogP contribution < -0.4 is 4.74 Å². The van der Waals surface area contributed by atoms with Crippen molar-refractivity contribution in [1.82, 2.24) is 0 Å². The highest BCUT2D eigenvalue weighted by Gasteiger charge is 2.05. The summed E-state index contributed by atoms with van der Waals surface area (Å²) in [4.78, 5) is 12.6. The predicted octanol–water partition coefficient (Wildman–Crippen LogP) is 4.79. The monoisotopic (exact) mass is 272 g/mol. The third-order valence-electron chi connectivity index (χ3n) is 2.79. The molecule has 0 saturated heterocycles. The van der Waals surface area contributed by atoms with Crippen LogP contribution >= 0.6 is 11.8 Å². The molecule has 0 aliphatic carbocycles. The number of carbonyl (C=O) groups is 1. The molecule has 0 spiro atoms. The Morgan fingerprint density at radius 3 is 2.42 bits per heavy atom. The smallest absolute Gasteiger partial charge is 0.162 e. The molecule has 2 rings (SSSR count). The first kappa shape index (κ1) is 13.7. The summed E-state index contributed by atoms with van der Waals surface area (Å²) in [5, 5.41) is 0. The molecular weight excluding hydrogens is 256 g/mol. The number of benzene rings is 2. The highest BCUT2D eigenvalue weighted by atomic mass is 32.2. The molecule has 0 unspecified atom stereocenters. The van der Waals surface area contributed by atoms with Gasteiger partial charge in [0, 0.05) is 16.9 Å². The van der Waals surface area contributed by atoms with Crippen LogP contribution in [-0.2, 0) is 0 Å². The molecule has 0 saturated carbocycles. The number of thioether (sulfide) groups is 1. The minimum atomic E-state index is 0.149. The number of Topliss-reactive ketones (excluding diaryl/α,β-unsaturated/α-hetero) is 1. The number of ketones is 1. The number of para-hydroxylation sites is 1. The molecule has 2 aromatic rings. The third-order valence-corrected chi connectivity index (χ3v) is 3.57. The van der Waals surface area contributed by atoms with Crippen LogP contribution in [0.5, 0.6) is 11.5 Å². The normalized spacial score (nSPS) is 10.2. The van der Waals surface area contributed by atoms with E-state index in [1.165, 1.54) is 0 Å². The van der Waals surface area contributed by atoms with Gasteiger partial charge < -0.3 is 4.74 Å². The maximum absolute atomic E-state index is 11.5. The Balaban J connectivity index is 2.17. The van der Waals surface area contributed by atoms with Crippen LogP contribution in [0.4, 0.5) is 0 Å². The zero-order chi connectivity index (χ0) is 13.7. The van der Waals surface area contributed by atoms with E-state index in [1.807, 2.05) is 61.7 Å². The summed E-state index contributed by atoms with van der Waals surface area (Å²) in [6, 6.07) is 15.2. The fourth-order valence-electron chi connectivity index (χ4n) is 1.74. The number of hydrogen-bond acceptors (Lipinski definition) is 3. The highest BCUT2D eigenvalue weighted by Crippen LogP contribution is 2.31. The lowest BCUT2D eigenvalue weighted by Crippen LogP contribution is -1.95. The topological polar surface area (TPSA) is 26.3 Å². The standard InChI is InChI=1S/C16H16O2S/c1-3-14(17)12-8-10-13(11-9-12)18-15-6-4-5-7-16(15)19-2/h4-11H,3H2,1-2H3. The zero-order valence-electron chi connectivity index (χ0n) is 11.1. The molecule has 0 amide bonds. The number of ether oxygens (including phenoxy) is 1. The molecule has 0 bridgehead atoms. The second-order valence-electron chi connectivity index (χ2n) is 4.05. The van der Waals surface area contributed by atoms with Gasteiger partial charge in [-0.2, -0.15) is 0 Å². The van der Waals surface area contributed by atoms with Crippen molar-refractivity contribution in [1.29, 1.82) is 0 Å². The van der Waals surface area contributed by atoms with E-state index < -0.39 is 0 Å². The predicted molar refractivity (Wildman–Crippen MR) is 79.4 cm³/mol. The van der Waals surface area contributed by atoms with Crippen molar-refractivity contribution in [3.63, 3.8) is 0 Å². The largest absolute Gasteiger partial charge is 0.456 e. The summed E-state index contributed by atoms with van der Waals surface area (Å²) in [6.07, 6.45) is 2.54. The quantitative estimate of drug-likeness (QED) is 0.578. The molecule has 0 aliphatic rings. The van der Waals surface area contributed by atoms with Gasteiger partial charge in [-0.25, -0.2) is 0 Å². The van der Waals surface area contributed by atoms with Crippen LogP contribution in [-0.4, -0.2) is 12.0 Å². The van der Waals surface area contributed by atoms with Crippen LogP contribution in [0.25, 0.3) is 0 Å². The molecular formula is C16H16O2S. The summed E-state index contributed by atoms with van der Waals surface area (Å²) in [5.41, 5.74) is 0.730. The van der Waals surface area contributed by atoms with Crippen LogP contribution in [0.15, 0.2) is 53.4 Å². The van der Waals surface area contributed by atoms with Crippen molar-refractivity contribution >= 4 is 17.5 Å². The van der Waals surface area contributed by atoms with Gasteiger partial charge in [-0.1, -0.05) is 19.1 Å². The van der Waals surface area contributed by atoms with Crippen LogP contribution in [0.2, 0.25) is 0 Å². The Hall–Kier alpha value is -1.74. The molecule has 19 heavy (non-hydrogen) atoms. The summed E-state index contributed by atoms with van der Waals surface area (Å²) in [5.74, 6) is 1.73. The van der Waals surface area contributed by atoms with Gasteiger partial charge in [0.15, 0.2) is 5.78 Å². The zero-order valence-corrected chi connectivity index (χ0v) is 11.9. The van der Waals surface area contributed by atoms with Gasteiger partial charge in [-0.15, -0.1) is 11.8 Å². The molecule has 2 nitrogen and oxygen atoms in total. The van der Waals surface area contributed by atoms with Crippen LogP contribution in [0.1, 0.15) is 23.7 Å². The van der Waals surface area contributed by atoms with Crippen molar-refractivity contribution in [3.8, 4) is 11.5 Å². The van der Waals surface area contributed by atoms with E-state index in [-0.39, 0.29) is 5.78 Å². The lowest BCUT2D eigenvalue weighted by atomic mass is 10.1. The molecule has 3 heteroatoms. The minimum Gasteiger partial charge on any atom is -0.456 e. The Labute approximate surface area is 117 Å². The van der Waals surface area contributed by atoms with Gasteiger partial charge in [0.2, 0.25) is 0 Å². The lowest BCUT2D eigenvalue weighted by molar-refractivity contribution is 0.0988. The minimum absolute atomic E-state index is 0.149. The van der Waals surface area contributed by atoms with E-state index >= 15 is 0 Å². The van der Waals surface area contributed by atoms with Crippen molar-refractivity contribution in [3.05, 3.63) is 54.1 Å². The fourth-order valence-corrected chi connectivity index (χ4v) is 2.27. The third kappa shape index (κ3) is 3.38. The molecule has 0 N–H and O–H groups in total. The van der Waals surface area contributed by atoms with Crippen molar-refractivity contribution < 1.29 is 9.53 Å². The Morgan fingerprint density at radius 1 is 1.11 bits per heavy atom. The summed E-state index contributed by atoms with van der Waals surface area (Å²) < 4.78 is 5.84. The van der Waals surface area contributed by atoms with Gasteiger partial charge in [-0.3, -0.25) is 4.79 Å². The summed E-state index contributed by atoms with van der Waals surface area (Å²) >= 11 is 1.65. The Kier molecular flexibility index (Phi) is 4.63. The Morgan fingerprint density at radius 2 is 1.79 bits per heavy atom. The molecule has 0 aliphatic heterocycles. The van der Waals surface area contributed by atoms with E-state index in [2.05, 4.69) is 0 Å². The van der Waals surface area contributed by atoms with E-state index in [9.17, 15) is 4.79 Å². The molecule has 0 fully saturated rings. The van der Waals surface area contributed by atoms with E-state index in [0.717, 1.165) is 22.0 Å². The van der Waals surface area contributed by atoms with Gasteiger partial charge in [-0.05, 0) is 42.7 Å². The molecule has 2 aromatic carbocycles. The van der Waals surface area contributed by atoms with Gasteiger partial charge in [0.25, 0.3) is 0 Å². The maximum atomic E-state index is 11.5. The van der Waals surface area contributed by atoms with Crippen molar-refractivity contribution in [2.24, 2.45) is 0 Å². The second-order valence-corrected chi connectivity index (χ2v) is 4.90. The van der Waals surface area contributed by atoms with E-state index in [1.54, 1.807) is 11.8 Å². The SMILES string of the molecule is CCC(=O)c1ccc(Oc2ccccc2SC)cc1. The summed E-state index contributed by atoms with van der Waals surface area (Å²) in [6.45, 7) is 1.86. The molecule has 0 heterocycles. The van der Waals surface area contributed by atoms with Gasteiger partial charge in [0.1, 0.15) is 11.5 Å². The number of carbonyl (C=O) groups excluding carboxylic acids is 1. The first-order valence-electron chi connectivity index (χ1n) is 6.18. The number of rotatable bonds is 5. The van der Waals surface area contributed by atoms with Crippen molar-refractivity contribution in [2.75, 3.05) is 6.26 Å². The van der Waals surface area contributed by atoms with Gasteiger partial charge >= 0.3 is 0 Å². The summed E-state index contributed by atoms with van der Waals surface area (Å²) in [7, 11) is 0. The molecule has 0 radical (unpaired) electrons. The van der Waals surface area contributed by atoms with Crippen LogP contribution in [0, 0.1) is 0 Å². The number of hydrogen-bond donors (Lipinski definition) is 0. The highest BCUT2D eigenvalue weighted by molar-refractivity contribution is 7.98.